The van der Waals surface area contributed by atoms with Crippen LogP contribution >= 0.6 is 11.6 Å². The van der Waals surface area contributed by atoms with Crippen molar-refractivity contribution in [1.82, 2.24) is 0 Å². The van der Waals surface area contributed by atoms with E-state index in [0.717, 1.165) is 17.7 Å². The highest BCUT2D eigenvalue weighted by molar-refractivity contribution is 6.17. The van der Waals surface area contributed by atoms with E-state index >= 15 is 0 Å². The van der Waals surface area contributed by atoms with E-state index in [9.17, 15) is 0 Å². The zero-order valence-electron chi connectivity index (χ0n) is 10.9. The Balaban J connectivity index is 2.46. The number of methoxy groups -OCH3 is 2. The first kappa shape index (κ1) is 13.6. The molecule has 1 heterocycles. The molecule has 0 saturated heterocycles. The molecule has 1 aliphatic heterocycles. The van der Waals surface area contributed by atoms with Crippen LogP contribution in [0.15, 0.2) is 18.2 Å². The Bertz CT molecular complexity index is 421. The molecule has 18 heavy (non-hydrogen) atoms. The van der Waals surface area contributed by atoms with Crippen LogP contribution < -0.4 is 5.06 Å². The standard InChI is InChI=1S/C13H18ClNO3/c1-16-13(17-2)9-15(18-3)12-5-4-10(6-7-14)8-11(12)13/h4-5,8H,6-7,9H2,1-3H3. The van der Waals surface area contributed by atoms with Crippen molar-refractivity contribution in [2.75, 3.05) is 38.8 Å². The lowest BCUT2D eigenvalue weighted by molar-refractivity contribution is -0.207. The number of ether oxygens (including phenoxy) is 2. The predicted molar refractivity (Wildman–Crippen MR) is 70.9 cm³/mol. The monoisotopic (exact) mass is 271 g/mol. The van der Waals surface area contributed by atoms with E-state index in [1.54, 1.807) is 26.4 Å². The summed E-state index contributed by atoms with van der Waals surface area (Å²) in [5, 5.41) is 1.77. The minimum absolute atomic E-state index is 0.510. The average molecular weight is 272 g/mol. The lowest BCUT2D eigenvalue weighted by atomic mass is 10.0. The Labute approximate surface area is 112 Å². The smallest absolute Gasteiger partial charge is 0.217 e. The van der Waals surface area contributed by atoms with Gasteiger partial charge in [-0.3, -0.25) is 4.84 Å². The van der Waals surface area contributed by atoms with Crippen molar-refractivity contribution in [2.24, 2.45) is 0 Å². The van der Waals surface area contributed by atoms with Crippen molar-refractivity contribution < 1.29 is 14.3 Å². The summed E-state index contributed by atoms with van der Waals surface area (Å²) in [6.07, 6.45) is 0.825. The molecule has 0 aromatic heterocycles. The zero-order chi connectivity index (χ0) is 13.2. The molecule has 1 aromatic carbocycles. The van der Waals surface area contributed by atoms with Crippen molar-refractivity contribution in [3.8, 4) is 0 Å². The number of hydrogen-bond donors (Lipinski definition) is 0. The first-order valence-corrected chi connectivity index (χ1v) is 6.35. The van der Waals surface area contributed by atoms with Gasteiger partial charge < -0.3 is 9.47 Å². The third-order valence-corrected chi connectivity index (χ3v) is 3.54. The van der Waals surface area contributed by atoms with Crippen LogP contribution in [0.3, 0.4) is 0 Å². The molecule has 0 atom stereocenters. The molecule has 2 rings (SSSR count). The fourth-order valence-electron chi connectivity index (χ4n) is 2.33. The SMILES string of the molecule is CON1CC(OC)(OC)c2cc(CCCl)ccc21. The van der Waals surface area contributed by atoms with E-state index in [0.29, 0.717) is 12.4 Å². The number of hydrogen-bond acceptors (Lipinski definition) is 4. The maximum Gasteiger partial charge on any atom is 0.217 e. The maximum absolute atomic E-state index is 5.78. The van der Waals surface area contributed by atoms with Crippen LogP contribution in [0.5, 0.6) is 0 Å². The van der Waals surface area contributed by atoms with Crippen LogP contribution in [0, 0.1) is 0 Å². The second-order valence-corrected chi connectivity index (χ2v) is 4.55. The third kappa shape index (κ3) is 2.10. The van der Waals surface area contributed by atoms with Crippen LogP contribution in [-0.4, -0.2) is 33.8 Å². The molecular formula is C13H18ClNO3. The lowest BCUT2D eigenvalue weighted by Crippen LogP contribution is -2.36. The van der Waals surface area contributed by atoms with E-state index in [-0.39, 0.29) is 0 Å². The number of rotatable bonds is 5. The molecule has 0 spiro atoms. The van der Waals surface area contributed by atoms with E-state index in [2.05, 4.69) is 12.1 Å². The largest absolute Gasteiger partial charge is 0.348 e. The first-order chi connectivity index (χ1) is 8.70. The number of fused-ring (bicyclic) bond motifs is 1. The summed E-state index contributed by atoms with van der Waals surface area (Å²) in [5.41, 5.74) is 3.12. The van der Waals surface area contributed by atoms with Gasteiger partial charge in [0.1, 0.15) is 6.54 Å². The molecule has 0 saturated carbocycles. The van der Waals surface area contributed by atoms with Gasteiger partial charge >= 0.3 is 0 Å². The minimum atomic E-state index is -0.770. The number of benzene rings is 1. The number of halogens is 1. The summed E-state index contributed by atoms with van der Waals surface area (Å²) < 4.78 is 11.1. The minimum Gasteiger partial charge on any atom is -0.348 e. The number of anilines is 1. The summed E-state index contributed by atoms with van der Waals surface area (Å²) in [6, 6.07) is 6.14. The van der Waals surface area contributed by atoms with Crippen molar-refractivity contribution in [1.29, 1.82) is 0 Å². The van der Waals surface area contributed by atoms with E-state index in [1.165, 1.54) is 5.56 Å². The van der Waals surface area contributed by atoms with Gasteiger partial charge in [0.25, 0.3) is 0 Å². The molecule has 0 N–H and O–H groups in total. The van der Waals surface area contributed by atoms with Crippen LogP contribution in [0.2, 0.25) is 0 Å². The first-order valence-electron chi connectivity index (χ1n) is 5.82. The molecule has 100 valence electrons. The topological polar surface area (TPSA) is 30.9 Å². The molecule has 0 bridgehead atoms. The number of alkyl halides is 1. The molecule has 4 nitrogen and oxygen atoms in total. The molecule has 1 aromatic rings. The van der Waals surface area contributed by atoms with Crippen LogP contribution in [0.1, 0.15) is 11.1 Å². The maximum atomic E-state index is 5.78. The average Bonchev–Trinajstić information content (AvgIpc) is 2.73. The van der Waals surface area contributed by atoms with Gasteiger partial charge in [-0.25, -0.2) is 5.06 Å². The third-order valence-electron chi connectivity index (χ3n) is 3.35. The van der Waals surface area contributed by atoms with Gasteiger partial charge in [-0.1, -0.05) is 6.07 Å². The fourth-order valence-corrected chi connectivity index (χ4v) is 2.54. The lowest BCUT2D eigenvalue weighted by Gasteiger charge is -2.26. The zero-order valence-corrected chi connectivity index (χ0v) is 11.7. The van der Waals surface area contributed by atoms with Gasteiger partial charge in [0.15, 0.2) is 0 Å². The molecule has 0 unspecified atom stereocenters. The van der Waals surface area contributed by atoms with Crippen molar-refractivity contribution in [3.05, 3.63) is 29.3 Å². The highest BCUT2D eigenvalue weighted by Gasteiger charge is 2.44. The fraction of sp³-hybridized carbons (Fsp3) is 0.538. The van der Waals surface area contributed by atoms with Gasteiger partial charge in [0.05, 0.1) is 12.8 Å². The second-order valence-electron chi connectivity index (χ2n) is 4.17. The molecule has 5 heteroatoms. The molecule has 1 aliphatic rings. The highest BCUT2D eigenvalue weighted by atomic mass is 35.5. The molecule has 0 radical (unpaired) electrons. The van der Waals surface area contributed by atoms with E-state index in [1.807, 2.05) is 6.07 Å². The summed E-state index contributed by atoms with van der Waals surface area (Å²) >= 11 is 5.78. The van der Waals surface area contributed by atoms with Gasteiger partial charge in [0, 0.05) is 25.7 Å². The molecule has 0 aliphatic carbocycles. The molecule has 0 amide bonds. The van der Waals surface area contributed by atoms with Crippen molar-refractivity contribution in [2.45, 2.75) is 12.2 Å². The van der Waals surface area contributed by atoms with Crippen molar-refractivity contribution >= 4 is 17.3 Å². The van der Waals surface area contributed by atoms with Gasteiger partial charge in [-0.2, -0.15) is 0 Å². The van der Waals surface area contributed by atoms with Crippen molar-refractivity contribution in [3.63, 3.8) is 0 Å². The van der Waals surface area contributed by atoms with Gasteiger partial charge in [-0.15, -0.1) is 11.6 Å². The normalized spacial score (nSPS) is 17.0. The molecular weight excluding hydrogens is 254 g/mol. The second kappa shape index (κ2) is 5.45. The summed E-state index contributed by atoms with van der Waals surface area (Å²) in [4.78, 5) is 5.34. The van der Waals surface area contributed by atoms with Gasteiger partial charge in [-0.05, 0) is 24.1 Å². The number of nitrogens with zero attached hydrogens (tertiary/aromatic N) is 1. The van der Waals surface area contributed by atoms with Gasteiger partial charge in [0.2, 0.25) is 5.79 Å². The summed E-state index contributed by atoms with van der Waals surface area (Å²) in [6.45, 7) is 0.510. The summed E-state index contributed by atoms with van der Waals surface area (Å²) in [5.74, 6) is -0.173. The van der Waals surface area contributed by atoms with Crippen LogP contribution in [0.4, 0.5) is 5.69 Å². The summed E-state index contributed by atoms with van der Waals surface area (Å²) in [7, 11) is 4.92. The van der Waals surface area contributed by atoms with Crippen LogP contribution in [0.25, 0.3) is 0 Å². The Morgan fingerprint density at radius 3 is 2.56 bits per heavy atom. The number of hydroxylamine groups is 1. The quantitative estimate of drug-likeness (QED) is 0.607. The Kier molecular flexibility index (Phi) is 4.12. The van der Waals surface area contributed by atoms with E-state index < -0.39 is 5.79 Å². The Morgan fingerprint density at radius 1 is 1.28 bits per heavy atom. The Hall–Kier alpha value is -0.810. The highest BCUT2D eigenvalue weighted by Crippen LogP contribution is 2.42. The number of aryl methyl sites for hydroxylation is 1. The molecule has 0 fully saturated rings. The Morgan fingerprint density at radius 2 is 2.00 bits per heavy atom. The van der Waals surface area contributed by atoms with Crippen LogP contribution in [-0.2, 0) is 26.5 Å². The van der Waals surface area contributed by atoms with E-state index in [4.69, 9.17) is 25.9 Å². The predicted octanol–water partition coefficient (Wildman–Crippen LogP) is 2.29.